The van der Waals surface area contributed by atoms with Crippen molar-refractivity contribution >= 4 is 21.8 Å². The molecule has 0 saturated carbocycles. The maximum absolute atomic E-state index is 12.2. The minimum absolute atomic E-state index is 0.0354. The van der Waals surface area contributed by atoms with Gasteiger partial charge in [-0.15, -0.1) is 0 Å². The molecule has 0 saturated heterocycles. The Hall–Kier alpha value is -1.91. The summed E-state index contributed by atoms with van der Waals surface area (Å²) >= 11 is 0. The summed E-state index contributed by atoms with van der Waals surface area (Å²) in [4.78, 5) is 12.2. The van der Waals surface area contributed by atoms with E-state index in [-0.39, 0.29) is 5.43 Å². The van der Waals surface area contributed by atoms with E-state index in [1.165, 1.54) is 11.1 Å². The Labute approximate surface area is 167 Å². The quantitative estimate of drug-likeness (QED) is 0.562. The third-order valence-electron chi connectivity index (χ3n) is 4.15. The average molecular weight is 399 g/mol. The molecule has 2 nitrogen and oxygen atoms in total. The molecule has 140 valence electrons. The minimum atomic E-state index is -0.0354. The molecule has 2 aromatic carbocycles. The summed E-state index contributed by atoms with van der Waals surface area (Å²) in [6.45, 7) is 0. The van der Waals surface area contributed by atoms with Gasteiger partial charge in [0, 0.05) is 34.4 Å². The van der Waals surface area contributed by atoms with E-state index in [0.717, 1.165) is 22.6 Å². The third-order valence-corrected chi connectivity index (χ3v) is 5.98. The Morgan fingerprint density at radius 1 is 0.667 bits per heavy atom. The molecule has 0 aliphatic rings. The molecule has 0 N–H and O–H groups in total. The fraction of sp³-hybridized carbons (Fsp3) is 0.261. The highest BCUT2D eigenvalue weighted by Gasteiger charge is 2.10. The Morgan fingerprint density at radius 3 is 1.37 bits per heavy atom. The van der Waals surface area contributed by atoms with Crippen LogP contribution in [0.2, 0.25) is 0 Å². The van der Waals surface area contributed by atoms with Crippen LogP contribution >= 0.6 is 0 Å². The van der Waals surface area contributed by atoms with Gasteiger partial charge in [0.25, 0.3) is 0 Å². The normalized spacial score (nSPS) is 11.3. The molecule has 1 heterocycles. The zero-order valence-electron chi connectivity index (χ0n) is 16.3. The molecule has 4 heteroatoms. The largest absolute Gasteiger partial charge is 0.456 e. The van der Waals surface area contributed by atoms with Gasteiger partial charge in [-0.25, -0.2) is 0 Å². The van der Waals surface area contributed by atoms with Crippen LogP contribution in [0.4, 0.5) is 0 Å². The average Bonchev–Trinajstić information content (AvgIpc) is 2.61. The molecular formula is C23H26O2S2+2. The highest BCUT2D eigenvalue weighted by Crippen LogP contribution is 2.26. The lowest BCUT2D eigenvalue weighted by Gasteiger charge is -2.07. The van der Waals surface area contributed by atoms with Crippen molar-refractivity contribution < 1.29 is 4.42 Å². The second-order valence-electron chi connectivity index (χ2n) is 7.18. The summed E-state index contributed by atoms with van der Waals surface area (Å²) in [7, 11) is 0.742. The van der Waals surface area contributed by atoms with Gasteiger partial charge >= 0.3 is 0 Å². The van der Waals surface area contributed by atoms with Gasteiger partial charge in [0.05, 0.1) is 25.0 Å². The van der Waals surface area contributed by atoms with Crippen LogP contribution in [-0.2, 0) is 33.3 Å². The van der Waals surface area contributed by atoms with Gasteiger partial charge in [-0.2, -0.15) is 0 Å². The first-order valence-electron chi connectivity index (χ1n) is 8.83. The van der Waals surface area contributed by atoms with Gasteiger partial charge in [0.15, 0.2) is 5.43 Å². The van der Waals surface area contributed by atoms with E-state index < -0.39 is 0 Å². The summed E-state index contributed by atoms with van der Waals surface area (Å²) < 4.78 is 6.08. The van der Waals surface area contributed by atoms with Gasteiger partial charge in [-0.3, -0.25) is 4.79 Å². The van der Waals surface area contributed by atoms with E-state index in [0.29, 0.717) is 33.3 Å². The first-order chi connectivity index (χ1) is 12.9. The van der Waals surface area contributed by atoms with Crippen LogP contribution in [0, 0.1) is 0 Å². The molecule has 0 fully saturated rings. The summed E-state index contributed by atoms with van der Waals surface area (Å²) in [5.41, 5.74) is 4.45. The van der Waals surface area contributed by atoms with Crippen molar-refractivity contribution in [2.24, 2.45) is 0 Å². The number of hydrogen-bond acceptors (Lipinski definition) is 2. The molecule has 0 atom stereocenters. The van der Waals surface area contributed by atoms with Crippen LogP contribution in [0.3, 0.4) is 0 Å². The highest BCUT2D eigenvalue weighted by molar-refractivity contribution is 7.95. The number of benzene rings is 2. The summed E-state index contributed by atoms with van der Waals surface area (Å²) in [6.07, 6.45) is 8.96. The Balaban J connectivity index is 1.89. The predicted octanol–water partition coefficient (Wildman–Crippen LogP) is 4.73. The molecule has 0 aliphatic carbocycles. The van der Waals surface area contributed by atoms with Crippen LogP contribution in [0.5, 0.6) is 0 Å². The lowest BCUT2D eigenvalue weighted by Crippen LogP contribution is -2.01. The zero-order valence-corrected chi connectivity index (χ0v) is 18.0. The lowest BCUT2D eigenvalue weighted by molar-refractivity contribution is 0.580. The number of rotatable bonds is 6. The highest BCUT2D eigenvalue weighted by atomic mass is 32.2. The maximum atomic E-state index is 12.2. The molecule has 0 spiro atoms. The Morgan fingerprint density at radius 2 is 1.04 bits per heavy atom. The molecule has 0 unspecified atom stereocenters. The molecular weight excluding hydrogens is 372 g/mol. The molecule has 27 heavy (non-hydrogen) atoms. The lowest BCUT2D eigenvalue weighted by atomic mass is 10.1. The predicted molar refractivity (Wildman–Crippen MR) is 122 cm³/mol. The first-order valence-corrected chi connectivity index (χ1v) is 13.2. The third kappa shape index (κ3) is 5.53. The standard InChI is InChI=1S/C23H26O2S2/c1-26(2)15-17-5-9-19(10-6-17)22-13-21(24)14-23(25-22)20-11-7-18(8-12-20)16-27(3)4/h5-14H,15-16H2,1-4H3/q+2. The van der Waals surface area contributed by atoms with Crippen molar-refractivity contribution in [2.75, 3.05) is 25.0 Å². The monoisotopic (exact) mass is 398 g/mol. The molecule has 1 aromatic heterocycles. The van der Waals surface area contributed by atoms with E-state index in [1.807, 2.05) is 24.3 Å². The van der Waals surface area contributed by atoms with Crippen molar-refractivity contribution in [1.29, 1.82) is 0 Å². The topological polar surface area (TPSA) is 30.2 Å². The summed E-state index contributed by atoms with van der Waals surface area (Å²) in [5, 5.41) is 0. The van der Waals surface area contributed by atoms with Crippen molar-refractivity contribution in [3.8, 4) is 22.6 Å². The molecule has 0 aliphatic heterocycles. The zero-order chi connectivity index (χ0) is 19.4. The minimum Gasteiger partial charge on any atom is -0.456 e. The van der Waals surface area contributed by atoms with Gasteiger partial charge < -0.3 is 4.42 Å². The first kappa shape index (κ1) is 19.8. The number of hydrogen-bond donors (Lipinski definition) is 0. The van der Waals surface area contributed by atoms with E-state index in [1.54, 1.807) is 12.1 Å². The smallest absolute Gasteiger partial charge is 0.186 e. The van der Waals surface area contributed by atoms with Crippen LogP contribution in [0.25, 0.3) is 22.6 Å². The summed E-state index contributed by atoms with van der Waals surface area (Å²) in [6, 6.07) is 19.8. The van der Waals surface area contributed by atoms with Crippen LogP contribution in [0.1, 0.15) is 11.1 Å². The fourth-order valence-corrected chi connectivity index (χ4v) is 4.68. The van der Waals surface area contributed by atoms with E-state index in [2.05, 4.69) is 49.3 Å². The van der Waals surface area contributed by atoms with Gasteiger partial charge in [0.1, 0.15) is 23.0 Å². The SMILES string of the molecule is C[S+](C)Cc1ccc(-c2cc(=O)cc(-c3ccc(C[S+](C)C)cc3)o2)cc1. The van der Waals surface area contributed by atoms with Crippen molar-refractivity contribution in [2.45, 2.75) is 11.5 Å². The van der Waals surface area contributed by atoms with E-state index >= 15 is 0 Å². The van der Waals surface area contributed by atoms with Crippen LogP contribution in [-0.4, -0.2) is 25.0 Å². The molecule has 3 aromatic rings. The molecule has 0 bridgehead atoms. The Bertz CT molecular complexity index is 865. The van der Waals surface area contributed by atoms with E-state index in [9.17, 15) is 4.79 Å². The van der Waals surface area contributed by atoms with Crippen molar-refractivity contribution in [1.82, 2.24) is 0 Å². The van der Waals surface area contributed by atoms with Crippen molar-refractivity contribution in [3.63, 3.8) is 0 Å². The molecule has 0 radical (unpaired) electrons. The molecule has 0 amide bonds. The Kier molecular flexibility index (Phi) is 6.51. The summed E-state index contributed by atoms with van der Waals surface area (Å²) in [5.74, 6) is 3.38. The van der Waals surface area contributed by atoms with E-state index in [4.69, 9.17) is 4.42 Å². The fourth-order valence-electron chi connectivity index (χ4n) is 2.96. The second-order valence-corrected chi connectivity index (χ2v) is 11.7. The van der Waals surface area contributed by atoms with Gasteiger partial charge in [-0.05, 0) is 21.8 Å². The second kappa shape index (κ2) is 8.85. The van der Waals surface area contributed by atoms with Gasteiger partial charge in [0.2, 0.25) is 0 Å². The van der Waals surface area contributed by atoms with Crippen LogP contribution < -0.4 is 5.43 Å². The molecule has 3 rings (SSSR count). The maximum Gasteiger partial charge on any atom is 0.186 e. The van der Waals surface area contributed by atoms with Crippen molar-refractivity contribution in [3.05, 3.63) is 82.0 Å². The van der Waals surface area contributed by atoms with Crippen LogP contribution in [0.15, 0.2) is 69.9 Å². The van der Waals surface area contributed by atoms with Gasteiger partial charge in [-0.1, -0.05) is 48.5 Å².